The Morgan fingerprint density at radius 1 is 1.00 bits per heavy atom. The minimum Gasteiger partial charge on any atom is -0.316 e. The van der Waals surface area contributed by atoms with Crippen LogP contribution >= 0.6 is 0 Å². The zero-order valence-corrected chi connectivity index (χ0v) is 11.9. The second kappa shape index (κ2) is 6.25. The first-order valence-corrected chi connectivity index (χ1v) is 6.33. The van der Waals surface area contributed by atoms with Gasteiger partial charge in [0.05, 0.1) is 0 Å². The zero-order chi connectivity index (χ0) is 16.4. The first kappa shape index (κ1) is 17.8. The van der Waals surface area contributed by atoms with E-state index in [1.54, 1.807) is 32.0 Å². The molecule has 1 unspecified atom stereocenters. The van der Waals surface area contributed by atoms with Gasteiger partial charge in [0.1, 0.15) is 0 Å². The molecular formula is C14H17F6N. The fourth-order valence-electron chi connectivity index (χ4n) is 2.29. The molecule has 0 heterocycles. The van der Waals surface area contributed by atoms with Crippen LogP contribution in [-0.4, -0.2) is 25.4 Å². The Bertz CT molecular complexity index is 463. The number of aryl methyl sites for hydroxylation is 2. The molecule has 0 aliphatic heterocycles. The lowest BCUT2D eigenvalue weighted by atomic mass is 9.90. The van der Waals surface area contributed by atoms with Crippen LogP contribution in [0.1, 0.15) is 16.7 Å². The third-order valence-electron chi connectivity index (χ3n) is 3.42. The molecule has 7 heteroatoms. The van der Waals surface area contributed by atoms with Gasteiger partial charge >= 0.3 is 12.4 Å². The topological polar surface area (TPSA) is 12.0 Å². The van der Waals surface area contributed by atoms with Crippen LogP contribution in [0.15, 0.2) is 18.2 Å². The monoisotopic (exact) mass is 313 g/mol. The van der Waals surface area contributed by atoms with Gasteiger partial charge in [-0.2, -0.15) is 26.3 Å². The lowest BCUT2D eigenvalue weighted by molar-refractivity contribution is -0.291. The largest absolute Gasteiger partial charge is 0.402 e. The van der Waals surface area contributed by atoms with Crippen molar-refractivity contribution in [3.05, 3.63) is 34.9 Å². The molecule has 0 radical (unpaired) electrons. The number of alkyl halides is 6. The summed E-state index contributed by atoms with van der Waals surface area (Å²) in [5, 5.41) is 2.17. The number of benzene rings is 1. The number of nitrogens with one attached hydrogen (secondary N) is 1. The van der Waals surface area contributed by atoms with Crippen LogP contribution in [0, 0.1) is 19.8 Å². The number of hydrogen-bond acceptors (Lipinski definition) is 1. The first-order chi connectivity index (χ1) is 9.46. The fourth-order valence-corrected chi connectivity index (χ4v) is 2.29. The predicted molar refractivity (Wildman–Crippen MR) is 68.1 cm³/mol. The van der Waals surface area contributed by atoms with Gasteiger partial charge in [-0.3, -0.25) is 0 Å². The van der Waals surface area contributed by atoms with Gasteiger partial charge in [-0.25, -0.2) is 0 Å². The number of hydrogen-bond donors (Lipinski definition) is 1. The smallest absolute Gasteiger partial charge is 0.316 e. The normalized spacial score (nSPS) is 14.6. The van der Waals surface area contributed by atoms with Gasteiger partial charge < -0.3 is 5.32 Å². The van der Waals surface area contributed by atoms with Crippen molar-refractivity contribution in [1.29, 1.82) is 0 Å². The van der Waals surface area contributed by atoms with Crippen molar-refractivity contribution in [2.45, 2.75) is 38.7 Å². The third kappa shape index (κ3) is 4.62. The molecule has 0 aromatic heterocycles. The summed E-state index contributed by atoms with van der Waals surface area (Å²) >= 11 is 0. The molecule has 1 aromatic carbocycles. The second-order valence-electron chi connectivity index (χ2n) is 5.09. The first-order valence-electron chi connectivity index (χ1n) is 6.33. The maximum absolute atomic E-state index is 12.8. The van der Waals surface area contributed by atoms with E-state index in [-0.39, 0.29) is 6.42 Å². The molecule has 1 rings (SSSR count). The van der Waals surface area contributed by atoms with E-state index >= 15 is 0 Å². The van der Waals surface area contributed by atoms with E-state index in [0.717, 1.165) is 12.6 Å². The second-order valence-corrected chi connectivity index (χ2v) is 5.09. The highest BCUT2D eigenvalue weighted by atomic mass is 19.4. The van der Waals surface area contributed by atoms with E-state index in [1.165, 1.54) is 0 Å². The molecule has 0 spiro atoms. The van der Waals surface area contributed by atoms with Crippen molar-refractivity contribution in [3.8, 4) is 0 Å². The summed E-state index contributed by atoms with van der Waals surface area (Å²) in [5.41, 5.74) is 1.94. The van der Waals surface area contributed by atoms with Crippen LogP contribution in [0.5, 0.6) is 0 Å². The van der Waals surface area contributed by atoms with Gasteiger partial charge in [0.15, 0.2) is 5.92 Å². The minimum absolute atomic E-state index is 0.340. The molecule has 1 atom stereocenters. The van der Waals surface area contributed by atoms with Gasteiger partial charge in [0, 0.05) is 6.04 Å². The van der Waals surface area contributed by atoms with Gasteiger partial charge in [0.25, 0.3) is 0 Å². The van der Waals surface area contributed by atoms with Crippen molar-refractivity contribution in [2.24, 2.45) is 5.92 Å². The van der Waals surface area contributed by atoms with Gasteiger partial charge in [-0.05, 0) is 38.4 Å². The highest BCUT2D eigenvalue weighted by molar-refractivity contribution is 5.31. The average molecular weight is 313 g/mol. The molecule has 0 aliphatic rings. The van der Waals surface area contributed by atoms with Crippen molar-refractivity contribution in [1.82, 2.24) is 5.32 Å². The number of rotatable bonds is 4. The van der Waals surface area contributed by atoms with Crippen LogP contribution in [0.3, 0.4) is 0 Å². The Labute approximate surface area is 119 Å². The summed E-state index contributed by atoms with van der Waals surface area (Å²) in [6, 6.07) is 3.31. The molecule has 1 aromatic rings. The van der Waals surface area contributed by atoms with Crippen molar-refractivity contribution in [2.75, 3.05) is 7.05 Å². The molecule has 0 amide bonds. The van der Waals surface area contributed by atoms with Crippen molar-refractivity contribution in [3.63, 3.8) is 0 Å². The Morgan fingerprint density at radius 2 is 1.52 bits per heavy atom. The van der Waals surface area contributed by atoms with Crippen LogP contribution in [0.2, 0.25) is 0 Å². The zero-order valence-electron chi connectivity index (χ0n) is 11.9. The van der Waals surface area contributed by atoms with Crippen LogP contribution in [0.25, 0.3) is 0 Å². The van der Waals surface area contributed by atoms with Gasteiger partial charge in [-0.1, -0.05) is 23.8 Å². The summed E-state index contributed by atoms with van der Waals surface area (Å²) < 4.78 is 76.7. The molecular weight excluding hydrogens is 296 g/mol. The van der Waals surface area contributed by atoms with Crippen LogP contribution in [0.4, 0.5) is 26.3 Å². The Hall–Kier alpha value is -1.24. The summed E-state index contributed by atoms with van der Waals surface area (Å²) in [4.78, 5) is 0. The summed E-state index contributed by atoms with van der Waals surface area (Å²) in [7, 11) is 1.11. The van der Waals surface area contributed by atoms with E-state index in [0.29, 0.717) is 11.1 Å². The van der Waals surface area contributed by atoms with E-state index in [1.807, 2.05) is 0 Å². The molecule has 0 bridgehead atoms. The highest BCUT2D eigenvalue weighted by Crippen LogP contribution is 2.42. The molecule has 0 aliphatic carbocycles. The molecule has 0 saturated heterocycles. The van der Waals surface area contributed by atoms with Crippen LogP contribution in [-0.2, 0) is 6.42 Å². The van der Waals surface area contributed by atoms with Gasteiger partial charge in [-0.15, -0.1) is 0 Å². The van der Waals surface area contributed by atoms with E-state index in [2.05, 4.69) is 5.32 Å². The summed E-state index contributed by atoms with van der Waals surface area (Å²) in [6.45, 7) is 3.40. The maximum Gasteiger partial charge on any atom is 0.402 e. The predicted octanol–water partition coefficient (Wildman–Crippen LogP) is 4.17. The van der Waals surface area contributed by atoms with Crippen molar-refractivity contribution < 1.29 is 26.3 Å². The Balaban J connectivity index is 3.13. The SMILES string of the molecule is CNC(Cc1cc(C)ccc1C)C(C(F)(F)F)C(F)(F)F. The molecule has 0 fully saturated rings. The van der Waals surface area contributed by atoms with Gasteiger partial charge in [0.2, 0.25) is 0 Å². The standard InChI is InChI=1S/C14H17F6N/c1-8-4-5-9(2)10(6-8)7-11(21-3)12(13(15,16)17)14(18,19)20/h4-6,11-12,21H,7H2,1-3H3. The highest BCUT2D eigenvalue weighted by Gasteiger charge is 2.59. The summed E-state index contributed by atoms with van der Waals surface area (Å²) in [6.07, 6.45) is -11.0. The number of halogens is 6. The Kier molecular flexibility index (Phi) is 5.30. The third-order valence-corrected chi connectivity index (χ3v) is 3.42. The molecule has 21 heavy (non-hydrogen) atoms. The molecule has 1 nitrogen and oxygen atoms in total. The average Bonchev–Trinajstić information content (AvgIpc) is 2.29. The maximum atomic E-state index is 12.8. The molecule has 1 N–H and O–H groups in total. The summed E-state index contributed by atoms with van der Waals surface area (Å²) in [5.74, 6) is -3.39. The van der Waals surface area contributed by atoms with Crippen molar-refractivity contribution >= 4 is 0 Å². The molecule has 120 valence electrons. The lowest BCUT2D eigenvalue weighted by Gasteiger charge is -2.31. The minimum atomic E-state index is -5.34. The van der Waals surface area contributed by atoms with E-state index < -0.39 is 24.3 Å². The van der Waals surface area contributed by atoms with E-state index in [9.17, 15) is 26.3 Å². The van der Waals surface area contributed by atoms with Crippen LogP contribution < -0.4 is 5.32 Å². The fraction of sp³-hybridized carbons (Fsp3) is 0.571. The lowest BCUT2D eigenvalue weighted by Crippen LogP contribution is -2.51. The Morgan fingerprint density at radius 3 is 1.95 bits per heavy atom. The molecule has 0 saturated carbocycles. The number of likely N-dealkylation sites (N-methyl/N-ethyl adjacent to an activating group) is 1. The quantitative estimate of drug-likeness (QED) is 0.823. The van der Waals surface area contributed by atoms with E-state index in [4.69, 9.17) is 0 Å².